The molecule has 5 heterocycles. The van der Waals surface area contributed by atoms with Gasteiger partial charge in [-0.3, -0.25) is 9.88 Å². The van der Waals surface area contributed by atoms with Gasteiger partial charge in [0.25, 0.3) is 0 Å². The molecule has 9 nitrogen and oxygen atoms in total. The van der Waals surface area contributed by atoms with Gasteiger partial charge in [0.1, 0.15) is 36.9 Å². The van der Waals surface area contributed by atoms with E-state index in [0.717, 1.165) is 50.1 Å². The number of benzene rings is 1. The second kappa shape index (κ2) is 11.1. The van der Waals surface area contributed by atoms with Crippen LogP contribution >= 0.6 is 11.6 Å². The number of halogens is 6. The van der Waals surface area contributed by atoms with Crippen molar-refractivity contribution >= 4 is 39.7 Å². The Hall–Kier alpha value is -3.52. The summed E-state index contributed by atoms with van der Waals surface area (Å²) in [7, 11) is 1.50. The Morgan fingerprint density at radius 1 is 1.16 bits per heavy atom. The first-order chi connectivity index (χ1) is 21.5. The third kappa shape index (κ3) is 5.19. The number of aromatic nitrogens is 3. The standard InChI is InChI=1S/C30H31ClF5N7O2/c1-44-41-24-15-3-4-16(24)12-42(11-15)27-20-10-38-25(19-7-18(37)8-21(31)22(19)30(34,35)36)23(33)26(20)39-28(40-27)45-14-29-5-2-6-43(29)13-17(32)9-29/h7-8,10,15-17H,2-6,9,11-14,37H2,1H3/t15?,16?,17-,29+/m1/s1. The van der Waals surface area contributed by atoms with Crippen LogP contribution in [-0.2, 0) is 11.0 Å². The topological polar surface area (TPSA) is 102 Å². The number of ether oxygens (including phenoxy) is 1. The first kappa shape index (κ1) is 30.2. The predicted octanol–water partition coefficient (Wildman–Crippen LogP) is 5.89. The first-order valence-electron chi connectivity index (χ1n) is 14.9. The van der Waals surface area contributed by atoms with E-state index in [0.29, 0.717) is 31.9 Å². The van der Waals surface area contributed by atoms with Crippen LogP contribution < -0.4 is 15.4 Å². The van der Waals surface area contributed by atoms with Crippen LogP contribution in [0.3, 0.4) is 0 Å². The molecule has 240 valence electrons. The quantitative estimate of drug-likeness (QED) is 0.200. The largest absolute Gasteiger partial charge is 0.461 e. The number of oxime groups is 1. The van der Waals surface area contributed by atoms with Gasteiger partial charge in [0.15, 0.2) is 5.82 Å². The van der Waals surface area contributed by atoms with E-state index in [1.165, 1.54) is 13.3 Å². The van der Waals surface area contributed by atoms with E-state index >= 15 is 4.39 Å². The summed E-state index contributed by atoms with van der Waals surface area (Å²) in [5.74, 6) is -0.576. The van der Waals surface area contributed by atoms with Crippen molar-refractivity contribution in [2.45, 2.75) is 50.0 Å². The maximum absolute atomic E-state index is 16.5. The predicted molar refractivity (Wildman–Crippen MR) is 159 cm³/mol. The molecule has 2 N–H and O–H groups in total. The maximum Gasteiger partial charge on any atom is 0.418 e. The van der Waals surface area contributed by atoms with E-state index in [1.807, 2.05) is 4.90 Å². The number of fused-ring (bicyclic) bond motifs is 4. The number of alkyl halides is 4. The van der Waals surface area contributed by atoms with Crippen LogP contribution in [0.1, 0.15) is 37.7 Å². The van der Waals surface area contributed by atoms with Crippen molar-refractivity contribution in [1.82, 2.24) is 19.9 Å². The fourth-order valence-electron chi connectivity index (χ4n) is 7.70. The summed E-state index contributed by atoms with van der Waals surface area (Å²) < 4.78 is 79.4. The van der Waals surface area contributed by atoms with Gasteiger partial charge in [0, 0.05) is 55.3 Å². The van der Waals surface area contributed by atoms with E-state index < -0.39 is 45.5 Å². The third-order valence-electron chi connectivity index (χ3n) is 9.60. The van der Waals surface area contributed by atoms with Crippen LogP contribution in [0.4, 0.5) is 33.5 Å². The molecule has 1 saturated carbocycles. The van der Waals surface area contributed by atoms with Gasteiger partial charge in [-0.1, -0.05) is 16.8 Å². The molecule has 4 aliphatic rings. The highest BCUT2D eigenvalue weighted by atomic mass is 35.5. The zero-order valence-electron chi connectivity index (χ0n) is 24.4. The Balaban J connectivity index is 1.34. The van der Waals surface area contributed by atoms with Crippen molar-refractivity contribution in [3.05, 3.63) is 34.7 Å². The molecule has 3 saturated heterocycles. The van der Waals surface area contributed by atoms with Gasteiger partial charge in [-0.2, -0.15) is 23.1 Å². The van der Waals surface area contributed by atoms with Crippen LogP contribution in [0, 0.1) is 17.7 Å². The second-order valence-electron chi connectivity index (χ2n) is 12.4. The fourth-order valence-corrected chi connectivity index (χ4v) is 8.04. The highest BCUT2D eigenvalue weighted by Crippen LogP contribution is 2.45. The zero-order valence-corrected chi connectivity index (χ0v) is 25.1. The normalized spacial score (nSPS) is 26.5. The lowest BCUT2D eigenvalue weighted by Gasteiger charge is -2.34. The summed E-state index contributed by atoms with van der Waals surface area (Å²) in [5, 5.41) is 3.78. The number of nitrogen functional groups attached to an aromatic ring is 1. The van der Waals surface area contributed by atoms with Gasteiger partial charge >= 0.3 is 12.2 Å². The third-order valence-corrected chi connectivity index (χ3v) is 9.90. The minimum atomic E-state index is -4.91. The van der Waals surface area contributed by atoms with Crippen LogP contribution in [0.15, 0.2) is 23.5 Å². The Morgan fingerprint density at radius 2 is 1.91 bits per heavy atom. The summed E-state index contributed by atoms with van der Waals surface area (Å²) >= 11 is 5.96. The number of pyridine rings is 1. The molecule has 2 unspecified atom stereocenters. The molecule has 0 amide bonds. The molecular formula is C30H31ClF5N7O2. The Bertz CT molecular complexity index is 1670. The number of hydrogen-bond donors (Lipinski definition) is 1. The van der Waals surface area contributed by atoms with E-state index in [1.54, 1.807) is 0 Å². The monoisotopic (exact) mass is 651 g/mol. The summed E-state index contributed by atoms with van der Waals surface area (Å²) in [6.45, 7) is 2.19. The Labute approximate surface area is 260 Å². The van der Waals surface area contributed by atoms with E-state index in [-0.39, 0.29) is 41.0 Å². The first-order valence-corrected chi connectivity index (χ1v) is 15.3. The summed E-state index contributed by atoms with van der Waals surface area (Å²) in [4.78, 5) is 22.3. The Morgan fingerprint density at radius 3 is 2.62 bits per heavy atom. The SMILES string of the molecule is CON=C1C2CCC1CN(c1nc(OC[C@@]34CCCN3C[C@H](F)C4)nc3c(F)c(-c4cc(N)cc(Cl)c4C(F)(F)F)ncc13)C2. The molecule has 3 aliphatic heterocycles. The van der Waals surface area contributed by atoms with Crippen LogP contribution in [-0.4, -0.2) is 77.2 Å². The van der Waals surface area contributed by atoms with Gasteiger partial charge in [-0.15, -0.1) is 0 Å². The summed E-state index contributed by atoms with van der Waals surface area (Å²) in [6.07, 6.45) is -0.884. The van der Waals surface area contributed by atoms with Gasteiger partial charge < -0.3 is 20.2 Å². The number of rotatable bonds is 6. The van der Waals surface area contributed by atoms with Crippen molar-refractivity contribution in [3.63, 3.8) is 0 Å². The van der Waals surface area contributed by atoms with E-state index in [4.69, 9.17) is 31.9 Å². The second-order valence-corrected chi connectivity index (χ2v) is 12.8. The average Bonchev–Trinajstić information content (AvgIpc) is 3.57. The van der Waals surface area contributed by atoms with E-state index in [2.05, 4.69) is 20.0 Å². The van der Waals surface area contributed by atoms with Gasteiger partial charge in [-0.05, 0) is 44.4 Å². The number of piperidine rings is 1. The smallest absolute Gasteiger partial charge is 0.418 e. The van der Waals surface area contributed by atoms with E-state index in [9.17, 15) is 17.6 Å². The lowest BCUT2D eigenvalue weighted by molar-refractivity contribution is -0.137. The molecular weight excluding hydrogens is 621 g/mol. The molecule has 4 fully saturated rings. The summed E-state index contributed by atoms with van der Waals surface area (Å²) in [6, 6.07) is 1.80. The lowest BCUT2D eigenvalue weighted by atomic mass is 9.95. The molecule has 2 aromatic heterocycles. The van der Waals surface area contributed by atoms with Gasteiger partial charge in [-0.25, -0.2) is 8.78 Å². The molecule has 0 spiro atoms. The lowest BCUT2D eigenvalue weighted by Crippen LogP contribution is -2.44. The highest BCUT2D eigenvalue weighted by molar-refractivity contribution is 6.32. The fraction of sp³-hybridized carbons (Fsp3) is 0.533. The van der Waals surface area contributed by atoms with Crippen molar-refractivity contribution in [2.75, 3.05) is 50.5 Å². The molecule has 1 aliphatic carbocycles. The molecule has 3 aromatic rings. The number of nitrogens with zero attached hydrogens (tertiary/aromatic N) is 6. The average molecular weight is 652 g/mol. The maximum atomic E-state index is 16.5. The number of anilines is 2. The highest BCUT2D eigenvalue weighted by Gasteiger charge is 2.49. The number of hydrogen-bond acceptors (Lipinski definition) is 9. The summed E-state index contributed by atoms with van der Waals surface area (Å²) in [5.41, 5.74) is 3.47. The minimum absolute atomic E-state index is 0.0860. The van der Waals surface area contributed by atoms with Crippen LogP contribution in [0.5, 0.6) is 6.01 Å². The van der Waals surface area contributed by atoms with Crippen LogP contribution in [0.2, 0.25) is 5.02 Å². The molecule has 15 heteroatoms. The molecule has 2 bridgehead atoms. The molecule has 0 radical (unpaired) electrons. The van der Waals surface area contributed by atoms with Crippen molar-refractivity contribution in [2.24, 2.45) is 17.0 Å². The van der Waals surface area contributed by atoms with Gasteiger partial charge in [0.2, 0.25) is 0 Å². The Kier molecular flexibility index (Phi) is 7.42. The molecule has 7 rings (SSSR count). The minimum Gasteiger partial charge on any atom is -0.461 e. The zero-order chi connectivity index (χ0) is 31.7. The van der Waals surface area contributed by atoms with Crippen molar-refractivity contribution in [3.8, 4) is 17.3 Å². The molecule has 4 atom stereocenters. The van der Waals surface area contributed by atoms with Crippen molar-refractivity contribution in [1.29, 1.82) is 0 Å². The molecule has 45 heavy (non-hydrogen) atoms. The molecule has 1 aromatic carbocycles. The van der Waals surface area contributed by atoms with Crippen LogP contribution in [0.25, 0.3) is 22.2 Å². The van der Waals surface area contributed by atoms with Crippen molar-refractivity contribution < 1.29 is 31.5 Å². The number of nitrogens with two attached hydrogens (primary N) is 1. The van der Waals surface area contributed by atoms with Gasteiger partial charge in [0.05, 0.1) is 27.2 Å².